The topological polar surface area (TPSA) is 38.0 Å². The lowest BCUT2D eigenvalue weighted by Crippen LogP contribution is -2.15. The van der Waals surface area contributed by atoms with Gasteiger partial charge in [-0.2, -0.15) is 5.10 Å². The second-order valence-corrected chi connectivity index (χ2v) is 5.42. The van der Waals surface area contributed by atoms with E-state index >= 15 is 0 Å². The number of aryl methyl sites for hydroxylation is 2. The van der Waals surface area contributed by atoms with Gasteiger partial charge in [-0.05, 0) is 26.3 Å². The summed E-state index contributed by atoms with van der Waals surface area (Å²) in [5.74, 6) is 0.924. The monoisotopic (exact) mass is 242 g/mol. The molecule has 0 aliphatic heterocycles. The molecule has 0 amide bonds. The fourth-order valence-electron chi connectivity index (χ4n) is 1.43. The minimum absolute atomic E-state index is 0.256. The van der Waals surface area contributed by atoms with Crippen molar-refractivity contribution in [3.8, 4) is 0 Å². The zero-order valence-corrected chi connectivity index (χ0v) is 11.4. The summed E-state index contributed by atoms with van der Waals surface area (Å²) in [5, 5.41) is 14.2. The molecule has 0 fully saturated rings. The summed E-state index contributed by atoms with van der Waals surface area (Å²) in [4.78, 5) is 0. The van der Waals surface area contributed by atoms with E-state index in [0.717, 1.165) is 24.4 Å². The molecule has 1 rings (SSSR count). The van der Waals surface area contributed by atoms with Gasteiger partial charge in [-0.15, -0.1) is 11.8 Å². The maximum Gasteiger partial charge on any atom is 0.0628 e. The van der Waals surface area contributed by atoms with Crippen molar-refractivity contribution in [2.45, 2.75) is 57.8 Å². The molecule has 0 bridgehead atoms. The Morgan fingerprint density at radius 3 is 2.62 bits per heavy atom. The number of nitrogens with zero attached hydrogens (tertiary/aromatic N) is 2. The molecule has 1 aromatic rings. The van der Waals surface area contributed by atoms with Gasteiger partial charge in [0, 0.05) is 23.2 Å². The van der Waals surface area contributed by atoms with Gasteiger partial charge in [-0.25, -0.2) is 0 Å². The summed E-state index contributed by atoms with van der Waals surface area (Å²) >= 11 is 1.78. The highest BCUT2D eigenvalue weighted by Gasteiger charge is 2.11. The molecule has 1 aromatic heterocycles. The van der Waals surface area contributed by atoms with Crippen LogP contribution in [0.2, 0.25) is 0 Å². The number of hydrogen-bond acceptors (Lipinski definition) is 3. The van der Waals surface area contributed by atoms with E-state index in [1.54, 1.807) is 11.8 Å². The maximum absolute atomic E-state index is 9.43. The molecule has 92 valence electrons. The third-order valence-corrected chi connectivity index (χ3v) is 4.13. The van der Waals surface area contributed by atoms with Gasteiger partial charge in [0.1, 0.15) is 0 Å². The van der Waals surface area contributed by atoms with E-state index in [4.69, 9.17) is 0 Å². The quantitative estimate of drug-likeness (QED) is 0.833. The van der Waals surface area contributed by atoms with Gasteiger partial charge in [-0.1, -0.05) is 13.8 Å². The van der Waals surface area contributed by atoms with Crippen molar-refractivity contribution in [2.24, 2.45) is 0 Å². The summed E-state index contributed by atoms with van der Waals surface area (Å²) < 4.78 is 2.06. The van der Waals surface area contributed by atoms with Crippen LogP contribution in [0.4, 0.5) is 0 Å². The van der Waals surface area contributed by atoms with Crippen molar-refractivity contribution in [3.63, 3.8) is 0 Å². The summed E-state index contributed by atoms with van der Waals surface area (Å²) in [6.45, 7) is 9.05. The molecule has 0 saturated heterocycles. The Labute approximate surface area is 102 Å². The summed E-state index contributed by atoms with van der Waals surface area (Å²) in [6.07, 6.45) is 0.727. The molecule has 16 heavy (non-hydrogen) atoms. The molecule has 0 spiro atoms. The second kappa shape index (κ2) is 6.30. The van der Waals surface area contributed by atoms with Gasteiger partial charge in [0.05, 0.1) is 11.8 Å². The minimum Gasteiger partial charge on any atom is -0.392 e. The first kappa shape index (κ1) is 13.6. The van der Waals surface area contributed by atoms with Crippen molar-refractivity contribution >= 4 is 11.8 Å². The predicted molar refractivity (Wildman–Crippen MR) is 69.7 cm³/mol. The number of rotatable bonds is 6. The van der Waals surface area contributed by atoms with Crippen molar-refractivity contribution in [2.75, 3.05) is 0 Å². The molecule has 1 N–H and O–H groups in total. The standard InChI is InChI=1S/C12H22N2OS/c1-5-11-7-12(14(6-2)13-11)8-16-10(4)9(3)15/h7,9-10,15H,5-6,8H2,1-4H3. The third kappa shape index (κ3) is 3.52. The molecule has 0 aliphatic carbocycles. The van der Waals surface area contributed by atoms with Gasteiger partial charge in [0.25, 0.3) is 0 Å². The van der Waals surface area contributed by atoms with Gasteiger partial charge >= 0.3 is 0 Å². The Balaban J connectivity index is 2.62. The molecular weight excluding hydrogens is 220 g/mol. The van der Waals surface area contributed by atoms with E-state index in [1.165, 1.54) is 5.69 Å². The van der Waals surface area contributed by atoms with Crippen LogP contribution in [-0.4, -0.2) is 26.2 Å². The van der Waals surface area contributed by atoms with E-state index < -0.39 is 0 Å². The first-order valence-corrected chi connectivity index (χ1v) is 6.98. The maximum atomic E-state index is 9.43. The summed E-state index contributed by atoms with van der Waals surface area (Å²) in [7, 11) is 0. The van der Waals surface area contributed by atoms with Crippen molar-refractivity contribution in [1.82, 2.24) is 9.78 Å². The highest BCUT2D eigenvalue weighted by Crippen LogP contribution is 2.20. The fourth-order valence-corrected chi connectivity index (χ4v) is 2.38. The van der Waals surface area contributed by atoms with E-state index in [9.17, 15) is 5.11 Å². The van der Waals surface area contributed by atoms with Crippen LogP contribution < -0.4 is 0 Å². The summed E-state index contributed by atoms with van der Waals surface area (Å²) in [5.41, 5.74) is 2.42. The van der Waals surface area contributed by atoms with E-state index in [1.807, 2.05) is 6.92 Å². The molecule has 0 radical (unpaired) electrons. The Bertz CT molecular complexity index is 323. The van der Waals surface area contributed by atoms with Crippen LogP contribution in [0.15, 0.2) is 6.07 Å². The van der Waals surface area contributed by atoms with Crippen LogP contribution in [-0.2, 0) is 18.7 Å². The first-order chi connectivity index (χ1) is 7.58. The molecule has 3 nitrogen and oxygen atoms in total. The van der Waals surface area contributed by atoms with E-state index in [-0.39, 0.29) is 11.4 Å². The Morgan fingerprint density at radius 2 is 2.12 bits per heavy atom. The van der Waals surface area contributed by atoms with Crippen molar-refractivity contribution < 1.29 is 5.11 Å². The zero-order chi connectivity index (χ0) is 12.1. The minimum atomic E-state index is -0.256. The lowest BCUT2D eigenvalue weighted by atomic mass is 10.3. The molecule has 4 heteroatoms. The number of aromatic nitrogens is 2. The zero-order valence-electron chi connectivity index (χ0n) is 10.6. The fraction of sp³-hybridized carbons (Fsp3) is 0.750. The summed E-state index contributed by atoms with van der Waals surface area (Å²) in [6, 6.07) is 2.17. The Hall–Kier alpha value is -0.480. The first-order valence-electron chi connectivity index (χ1n) is 5.93. The average molecular weight is 242 g/mol. The molecule has 2 atom stereocenters. The lowest BCUT2D eigenvalue weighted by Gasteiger charge is -2.14. The van der Waals surface area contributed by atoms with Crippen molar-refractivity contribution in [1.29, 1.82) is 0 Å². The molecule has 0 aromatic carbocycles. The number of thioether (sulfide) groups is 1. The third-order valence-electron chi connectivity index (χ3n) is 2.75. The largest absolute Gasteiger partial charge is 0.392 e. The van der Waals surface area contributed by atoms with Crippen LogP contribution in [0.3, 0.4) is 0 Å². The highest BCUT2D eigenvalue weighted by atomic mass is 32.2. The SMILES string of the molecule is CCc1cc(CSC(C)C(C)O)n(CC)n1. The van der Waals surface area contributed by atoms with Crippen LogP contribution >= 0.6 is 11.8 Å². The van der Waals surface area contributed by atoms with Crippen LogP contribution in [0.25, 0.3) is 0 Å². The molecular formula is C12H22N2OS. The predicted octanol–water partition coefficient (Wildman–Crippen LogP) is 2.47. The number of aliphatic hydroxyl groups is 1. The van der Waals surface area contributed by atoms with Crippen molar-refractivity contribution in [3.05, 3.63) is 17.5 Å². The molecule has 0 saturated carbocycles. The second-order valence-electron chi connectivity index (χ2n) is 4.05. The number of hydrogen-bond donors (Lipinski definition) is 1. The highest BCUT2D eigenvalue weighted by molar-refractivity contribution is 7.99. The van der Waals surface area contributed by atoms with Gasteiger partial charge in [0.15, 0.2) is 0 Å². The molecule has 0 aliphatic rings. The van der Waals surface area contributed by atoms with Crippen LogP contribution in [0.1, 0.15) is 39.1 Å². The van der Waals surface area contributed by atoms with Gasteiger partial charge < -0.3 is 5.11 Å². The van der Waals surface area contributed by atoms with Gasteiger partial charge in [-0.3, -0.25) is 4.68 Å². The Kier molecular flexibility index (Phi) is 5.35. The normalized spacial score (nSPS) is 15.1. The Morgan fingerprint density at radius 1 is 1.44 bits per heavy atom. The molecule has 2 unspecified atom stereocenters. The lowest BCUT2D eigenvalue weighted by molar-refractivity contribution is 0.196. The smallest absolute Gasteiger partial charge is 0.0628 e. The number of aliphatic hydroxyl groups excluding tert-OH is 1. The van der Waals surface area contributed by atoms with Gasteiger partial charge in [0.2, 0.25) is 0 Å². The van der Waals surface area contributed by atoms with E-state index in [2.05, 4.69) is 36.6 Å². The average Bonchev–Trinajstić information content (AvgIpc) is 2.68. The van der Waals surface area contributed by atoms with Crippen LogP contribution in [0.5, 0.6) is 0 Å². The van der Waals surface area contributed by atoms with E-state index in [0.29, 0.717) is 0 Å². The van der Waals surface area contributed by atoms with Crippen LogP contribution in [0, 0.1) is 0 Å². The molecule has 1 heterocycles.